The number of nitrogens with zero attached hydrogens (tertiary/aromatic N) is 2. The van der Waals surface area contributed by atoms with E-state index in [9.17, 15) is 10.1 Å². The van der Waals surface area contributed by atoms with Crippen LogP contribution in [0.15, 0.2) is 11.1 Å². The number of thioether (sulfide) groups is 1. The maximum Gasteiger partial charge on any atom is 0.230 e. The molecule has 118 valence electrons. The quantitative estimate of drug-likeness (QED) is 0.865. The van der Waals surface area contributed by atoms with Crippen LogP contribution in [0.1, 0.15) is 49.4 Å². The minimum Gasteiger partial charge on any atom is -0.352 e. The minimum atomic E-state index is 0.0357. The van der Waals surface area contributed by atoms with E-state index in [0.29, 0.717) is 28.3 Å². The van der Waals surface area contributed by atoms with Crippen LogP contribution in [0.25, 0.3) is 0 Å². The highest BCUT2D eigenvalue weighted by molar-refractivity contribution is 8.00. The Balaban J connectivity index is 1.95. The number of pyridine rings is 1. The number of rotatable bonds is 4. The number of hydrogen-bond acceptors (Lipinski definition) is 4. The molecule has 0 unspecified atom stereocenters. The summed E-state index contributed by atoms with van der Waals surface area (Å²) in [5.41, 5.74) is 2.37. The molecule has 22 heavy (non-hydrogen) atoms. The smallest absolute Gasteiger partial charge is 0.230 e. The zero-order chi connectivity index (χ0) is 16.1. The number of aromatic nitrogens is 1. The molecule has 1 heterocycles. The van der Waals surface area contributed by atoms with Crippen molar-refractivity contribution >= 4 is 17.7 Å². The highest BCUT2D eigenvalue weighted by Crippen LogP contribution is 2.25. The third kappa shape index (κ3) is 4.23. The van der Waals surface area contributed by atoms with E-state index in [4.69, 9.17) is 0 Å². The Bertz CT molecular complexity index is 594. The maximum atomic E-state index is 12.2. The Morgan fingerprint density at radius 2 is 2.18 bits per heavy atom. The SMILES string of the molecule is Cc1cc(C)c(C#N)c(SCC(=O)N[C@H]2CCCC[C@@H]2C)n1. The van der Waals surface area contributed by atoms with Gasteiger partial charge in [-0.2, -0.15) is 5.26 Å². The first-order valence-electron chi connectivity index (χ1n) is 7.81. The molecule has 5 heteroatoms. The third-order valence-corrected chi connectivity index (χ3v) is 5.20. The maximum absolute atomic E-state index is 12.2. The summed E-state index contributed by atoms with van der Waals surface area (Å²) in [7, 11) is 0. The molecule has 0 bridgehead atoms. The monoisotopic (exact) mass is 317 g/mol. The normalized spacial score (nSPS) is 21.2. The van der Waals surface area contributed by atoms with Gasteiger partial charge >= 0.3 is 0 Å². The van der Waals surface area contributed by atoms with E-state index in [-0.39, 0.29) is 5.91 Å². The summed E-state index contributed by atoms with van der Waals surface area (Å²) in [4.78, 5) is 16.6. The fourth-order valence-electron chi connectivity index (χ4n) is 2.96. The standard InChI is InChI=1S/C17H23N3OS/c1-11-6-4-5-7-15(11)20-16(21)10-22-17-14(9-18)12(2)8-13(3)19-17/h8,11,15H,4-7,10H2,1-3H3,(H,20,21)/t11-,15-/m0/s1. The molecule has 2 rings (SSSR count). The Morgan fingerprint density at radius 1 is 1.45 bits per heavy atom. The van der Waals surface area contributed by atoms with Crippen molar-refractivity contribution < 1.29 is 4.79 Å². The van der Waals surface area contributed by atoms with Crippen molar-refractivity contribution in [3.63, 3.8) is 0 Å². The van der Waals surface area contributed by atoms with Gasteiger partial charge in [-0.1, -0.05) is 31.5 Å². The van der Waals surface area contributed by atoms with E-state index < -0.39 is 0 Å². The number of carbonyl (C=O) groups excluding carboxylic acids is 1. The van der Waals surface area contributed by atoms with Crippen LogP contribution in [-0.4, -0.2) is 22.7 Å². The highest BCUT2D eigenvalue weighted by Gasteiger charge is 2.23. The first-order chi connectivity index (χ1) is 10.5. The van der Waals surface area contributed by atoms with Gasteiger partial charge in [-0.05, 0) is 44.2 Å². The topological polar surface area (TPSA) is 65.8 Å². The molecule has 0 radical (unpaired) electrons. The summed E-state index contributed by atoms with van der Waals surface area (Å²) < 4.78 is 0. The van der Waals surface area contributed by atoms with Crippen molar-refractivity contribution in [3.8, 4) is 6.07 Å². The van der Waals surface area contributed by atoms with Crippen LogP contribution in [0.3, 0.4) is 0 Å². The Labute approximate surface area is 136 Å². The van der Waals surface area contributed by atoms with Crippen LogP contribution < -0.4 is 5.32 Å². The predicted molar refractivity (Wildman–Crippen MR) is 88.7 cm³/mol. The van der Waals surface area contributed by atoms with Crippen LogP contribution in [0, 0.1) is 31.1 Å². The molecule has 1 aliphatic rings. The number of aryl methyl sites for hydroxylation is 2. The lowest BCUT2D eigenvalue weighted by Crippen LogP contribution is -2.41. The van der Waals surface area contributed by atoms with Crippen LogP contribution in [-0.2, 0) is 4.79 Å². The minimum absolute atomic E-state index is 0.0357. The summed E-state index contributed by atoms with van der Waals surface area (Å²) >= 11 is 1.35. The van der Waals surface area contributed by atoms with Gasteiger partial charge in [-0.3, -0.25) is 4.79 Å². The molecule has 1 saturated carbocycles. The number of nitriles is 1. The van der Waals surface area contributed by atoms with Crippen molar-refractivity contribution in [1.82, 2.24) is 10.3 Å². The van der Waals surface area contributed by atoms with Gasteiger partial charge in [0, 0.05) is 11.7 Å². The van der Waals surface area contributed by atoms with E-state index in [1.54, 1.807) is 0 Å². The zero-order valence-electron chi connectivity index (χ0n) is 13.5. The second-order valence-corrected chi connectivity index (χ2v) is 7.06. The largest absolute Gasteiger partial charge is 0.352 e. The molecule has 1 N–H and O–H groups in total. The number of hydrogen-bond donors (Lipinski definition) is 1. The van der Waals surface area contributed by atoms with Gasteiger partial charge in [0.2, 0.25) is 5.91 Å². The first-order valence-corrected chi connectivity index (χ1v) is 8.80. The molecule has 4 nitrogen and oxygen atoms in total. The highest BCUT2D eigenvalue weighted by atomic mass is 32.2. The van der Waals surface area contributed by atoms with Crippen LogP contribution in [0.2, 0.25) is 0 Å². The van der Waals surface area contributed by atoms with E-state index in [1.165, 1.54) is 31.0 Å². The number of carbonyl (C=O) groups is 1. The lowest BCUT2D eigenvalue weighted by Gasteiger charge is -2.29. The molecule has 1 aliphatic carbocycles. The summed E-state index contributed by atoms with van der Waals surface area (Å²) in [6.45, 7) is 6.01. The van der Waals surface area contributed by atoms with Crippen molar-refractivity contribution in [1.29, 1.82) is 5.26 Å². The predicted octanol–water partition coefficient (Wildman–Crippen LogP) is 3.36. The van der Waals surface area contributed by atoms with Crippen LogP contribution in [0.5, 0.6) is 0 Å². The summed E-state index contributed by atoms with van der Waals surface area (Å²) in [5.74, 6) is 0.902. The zero-order valence-corrected chi connectivity index (χ0v) is 14.3. The molecule has 1 amide bonds. The molecule has 0 spiro atoms. The van der Waals surface area contributed by atoms with Gasteiger partial charge in [0.05, 0.1) is 11.3 Å². The summed E-state index contributed by atoms with van der Waals surface area (Å²) in [6, 6.07) is 4.38. The fourth-order valence-corrected chi connectivity index (χ4v) is 3.87. The molecular weight excluding hydrogens is 294 g/mol. The molecule has 1 aromatic rings. The average molecular weight is 317 g/mol. The third-order valence-electron chi connectivity index (χ3n) is 4.22. The van der Waals surface area contributed by atoms with E-state index in [1.807, 2.05) is 19.9 Å². The molecule has 1 aromatic heterocycles. The fraction of sp³-hybridized carbons (Fsp3) is 0.588. The van der Waals surface area contributed by atoms with Gasteiger partial charge in [0.1, 0.15) is 11.1 Å². The Hall–Kier alpha value is -1.54. The van der Waals surface area contributed by atoms with Gasteiger partial charge in [0.25, 0.3) is 0 Å². The molecule has 0 saturated heterocycles. The molecule has 0 aromatic carbocycles. The molecule has 2 atom stereocenters. The van der Waals surface area contributed by atoms with E-state index >= 15 is 0 Å². The van der Waals surface area contributed by atoms with Gasteiger partial charge in [0.15, 0.2) is 0 Å². The lowest BCUT2D eigenvalue weighted by atomic mass is 9.86. The van der Waals surface area contributed by atoms with Gasteiger partial charge in [-0.15, -0.1) is 0 Å². The molecular formula is C17H23N3OS. The molecule has 1 fully saturated rings. The molecule has 0 aliphatic heterocycles. The second kappa shape index (κ2) is 7.64. The second-order valence-electron chi connectivity index (χ2n) is 6.10. The van der Waals surface area contributed by atoms with Crippen LogP contribution >= 0.6 is 11.8 Å². The van der Waals surface area contributed by atoms with Gasteiger partial charge < -0.3 is 5.32 Å². The van der Waals surface area contributed by atoms with Gasteiger partial charge in [-0.25, -0.2) is 4.98 Å². The van der Waals surface area contributed by atoms with Crippen molar-refractivity contribution in [2.75, 3.05) is 5.75 Å². The van der Waals surface area contributed by atoms with Crippen molar-refractivity contribution in [2.24, 2.45) is 5.92 Å². The lowest BCUT2D eigenvalue weighted by molar-refractivity contribution is -0.119. The van der Waals surface area contributed by atoms with Crippen molar-refractivity contribution in [2.45, 2.75) is 57.5 Å². The Morgan fingerprint density at radius 3 is 2.86 bits per heavy atom. The van der Waals surface area contributed by atoms with E-state index in [0.717, 1.165) is 17.7 Å². The summed E-state index contributed by atoms with van der Waals surface area (Å²) in [5, 5.41) is 13.0. The number of amides is 1. The Kier molecular flexibility index (Phi) is 5.84. The van der Waals surface area contributed by atoms with Crippen LogP contribution in [0.4, 0.5) is 0 Å². The first kappa shape index (κ1) is 16.8. The van der Waals surface area contributed by atoms with E-state index in [2.05, 4.69) is 23.3 Å². The number of nitrogens with one attached hydrogen (secondary N) is 1. The summed E-state index contributed by atoms with van der Waals surface area (Å²) in [6.07, 6.45) is 4.72. The van der Waals surface area contributed by atoms with Crippen molar-refractivity contribution in [3.05, 3.63) is 22.9 Å². The average Bonchev–Trinajstić information content (AvgIpc) is 2.47.